The molecule has 0 aliphatic rings. The summed E-state index contributed by atoms with van der Waals surface area (Å²) in [7, 11) is 0. The van der Waals surface area contributed by atoms with Gasteiger partial charge in [-0.3, -0.25) is 14.7 Å². The van der Waals surface area contributed by atoms with Crippen molar-refractivity contribution in [2.45, 2.75) is 210 Å². The molecule has 0 bridgehead atoms. The highest BCUT2D eigenvalue weighted by Crippen LogP contribution is 2.27. The highest BCUT2D eigenvalue weighted by molar-refractivity contribution is 5.72. The normalized spacial score (nSPS) is 13.7. The van der Waals surface area contributed by atoms with Gasteiger partial charge in [-0.2, -0.15) is 14.7 Å². The Balaban J connectivity index is 0. The summed E-state index contributed by atoms with van der Waals surface area (Å²) in [4.78, 5) is 66.7. The Kier molecular flexibility index (Phi) is 24.6. The van der Waals surface area contributed by atoms with Crippen LogP contribution in [-0.2, 0) is 43.7 Å². The molecule has 280 valence electrons. The molecule has 0 amide bonds. The van der Waals surface area contributed by atoms with Crippen LogP contribution in [0, 0.1) is 17.3 Å². The Morgan fingerprint density at radius 3 is 1.28 bits per heavy atom. The van der Waals surface area contributed by atoms with Crippen molar-refractivity contribution in [1.82, 2.24) is 0 Å². The van der Waals surface area contributed by atoms with E-state index in [2.05, 4.69) is 34.6 Å². The van der Waals surface area contributed by atoms with Crippen molar-refractivity contribution >= 4 is 17.9 Å². The molecule has 2 unspecified atom stereocenters. The second kappa shape index (κ2) is 24.4. The number of carbonyl (C=O) groups excluding carboxylic acids is 3. The Bertz CT molecular complexity index is 793. The van der Waals surface area contributed by atoms with Crippen LogP contribution in [0.4, 0.5) is 0 Å². The fourth-order valence-corrected chi connectivity index (χ4v) is 4.32. The molecular weight excluding hydrogens is 600 g/mol. The number of carbonyl (C=O) groups is 3. The predicted molar refractivity (Wildman–Crippen MR) is 188 cm³/mol. The van der Waals surface area contributed by atoms with Crippen molar-refractivity contribution in [2.24, 2.45) is 17.3 Å². The average Bonchev–Trinajstić information content (AvgIpc) is 2.97. The number of hydrogen-bond acceptors (Lipinski definition) is 9. The summed E-state index contributed by atoms with van der Waals surface area (Å²) in [5, 5.41) is 0. The summed E-state index contributed by atoms with van der Waals surface area (Å²) in [5.74, 6) is -1.13. The maximum absolute atomic E-state index is 12.2. The van der Waals surface area contributed by atoms with Gasteiger partial charge >= 0.3 is 17.9 Å². The molecule has 9 heteroatoms. The predicted octanol–water partition coefficient (Wildman–Crippen LogP) is 11.0. The zero-order chi connectivity index (χ0) is 36.7. The van der Waals surface area contributed by atoms with E-state index in [1.807, 2.05) is 62.3 Å². The molecule has 0 saturated heterocycles. The number of rotatable bonds is 23. The van der Waals surface area contributed by atoms with Gasteiger partial charge in [0, 0.05) is 6.42 Å². The molecule has 47 heavy (non-hydrogen) atoms. The van der Waals surface area contributed by atoms with Crippen LogP contribution in [0.25, 0.3) is 0 Å². The first-order valence-electron chi connectivity index (χ1n) is 18.3. The SMILES string of the molecule is CC(C)(C)CCCCCC(=O)OOC(C)(C)C.CCCCC(CC)C(=O)OOC(C)(C)CCC(C)(C)OOC(=O)C(CC)CCCC. The molecule has 0 aromatic heterocycles. The Morgan fingerprint density at radius 2 is 0.936 bits per heavy atom. The molecule has 0 rings (SSSR count). The molecule has 2 atom stereocenters. The minimum atomic E-state index is -0.670. The van der Waals surface area contributed by atoms with Crippen molar-refractivity contribution < 1.29 is 43.7 Å². The van der Waals surface area contributed by atoms with Gasteiger partial charge in [-0.05, 0) is 105 Å². The van der Waals surface area contributed by atoms with Crippen LogP contribution < -0.4 is 0 Å². The lowest BCUT2D eigenvalue weighted by atomic mass is 9.89. The van der Waals surface area contributed by atoms with Crippen molar-refractivity contribution in [2.75, 3.05) is 0 Å². The van der Waals surface area contributed by atoms with Crippen molar-refractivity contribution in [3.8, 4) is 0 Å². The maximum atomic E-state index is 12.2. The van der Waals surface area contributed by atoms with Crippen molar-refractivity contribution in [3.63, 3.8) is 0 Å². The highest BCUT2D eigenvalue weighted by Gasteiger charge is 2.31. The zero-order valence-electron chi connectivity index (χ0n) is 32.9. The van der Waals surface area contributed by atoms with Gasteiger partial charge < -0.3 is 0 Å². The van der Waals surface area contributed by atoms with Crippen molar-refractivity contribution in [1.29, 1.82) is 0 Å². The topological polar surface area (TPSA) is 107 Å². The number of hydrogen-bond donors (Lipinski definition) is 0. The first-order chi connectivity index (χ1) is 21.6. The molecular formula is C38H74O9. The standard InChI is InChI=1S/C24H46O6.C14H28O3/c1-9-13-15-19(11-3)21(25)27-29-23(5,6)17-18-24(7,8)30-28-22(26)20(12-4)16-14-10-2;1-13(2,3)11-9-7-8-10-12(15)16-17-14(4,5)6/h19-20H,9-18H2,1-8H3;7-11H2,1-6H3. The molecule has 0 aliphatic heterocycles. The highest BCUT2D eigenvalue weighted by atomic mass is 17.2. The van der Waals surface area contributed by atoms with Crippen LogP contribution >= 0.6 is 0 Å². The molecule has 9 nitrogen and oxygen atoms in total. The van der Waals surface area contributed by atoms with Crippen LogP contribution in [-0.4, -0.2) is 34.7 Å². The van der Waals surface area contributed by atoms with Gasteiger partial charge in [0.05, 0.1) is 11.8 Å². The van der Waals surface area contributed by atoms with Crippen LogP contribution in [0.15, 0.2) is 0 Å². The van der Waals surface area contributed by atoms with Gasteiger partial charge in [-0.1, -0.05) is 87.0 Å². The van der Waals surface area contributed by atoms with Crippen LogP contribution in [0.5, 0.6) is 0 Å². The summed E-state index contributed by atoms with van der Waals surface area (Å²) in [5.41, 5.74) is -1.38. The van der Waals surface area contributed by atoms with E-state index in [0.717, 1.165) is 70.6 Å². The lowest BCUT2D eigenvalue weighted by Gasteiger charge is -2.29. The lowest BCUT2D eigenvalue weighted by Crippen LogP contribution is -2.34. The van der Waals surface area contributed by atoms with Crippen LogP contribution in [0.3, 0.4) is 0 Å². The smallest absolute Gasteiger partial charge is 0.298 e. The molecule has 0 N–H and O–H groups in total. The third kappa shape index (κ3) is 29.0. The first-order valence-corrected chi connectivity index (χ1v) is 18.3. The van der Waals surface area contributed by atoms with Gasteiger partial charge in [-0.15, -0.1) is 0 Å². The molecule has 0 saturated carbocycles. The van der Waals surface area contributed by atoms with Crippen LogP contribution in [0.1, 0.15) is 193 Å². The third-order valence-corrected chi connectivity index (χ3v) is 7.68. The second-order valence-electron chi connectivity index (χ2n) is 16.3. The summed E-state index contributed by atoms with van der Waals surface area (Å²) in [6.07, 6.45) is 13.1. The summed E-state index contributed by atoms with van der Waals surface area (Å²) >= 11 is 0. The van der Waals surface area contributed by atoms with E-state index in [1.165, 1.54) is 6.42 Å². The average molecular weight is 675 g/mol. The van der Waals surface area contributed by atoms with E-state index in [-0.39, 0.29) is 29.7 Å². The minimum Gasteiger partial charge on any atom is -0.298 e. The minimum absolute atomic E-state index is 0.126. The molecule has 0 spiro atoms. The molecule has 0 heterocycles. The van der Waals surface area contributed by atoms with Crippen LogP contribution in [0.2, 0.25) is 0 Å². The second-order valence-corrected chi connectivity index (χ2v) is 16.3. The fourth-order valence-electron chi connectivity index (χ4n) is 4.32. The summed E-state index contributed by atoms with van der Waals surface area (Å²) in [6, 6.07) is 0. The van der Waals surface area contributed by atoms with E-state index in [1.54, 1.807) is 0 Å². The third-order valence-electron chi connectivity index (χ3n) is 7.68. The zero-order valence-corrected chi connectivity index (χ0v) is 32.9. The molecule has 0 aromatic carbocycles. The molecule has 0 radical (unpaired) electrons. The van der Waals surface area contributed by atoms with E-state index < -0.39 is 16.8 Å². The largest absolute Gasteiger partial charge is 0.345 e. The van der Waals surface area contributed by atoms with E-state index >= 15 is 0 Å². The van der Waals surface area contributed by atoms with E-state index in [9.17, 15) is 14.4 Å². The Morgan fingerprint density at radius 1 is 0.511 bits per heavy atom. The van der Waals surface area contributed by atoms with Gasteiger partial charge in [0.1, 0.15) is 16.8 Å². The Labute approximate surface area is 288 Å². The van der Waals surface area contributed by atoms with E-state index in [0.29, 0.717) is 24.7 Å². The molecule has 0 aliphatic carbocycles. The maximum Gasteiger partial charge on any atom is 0.345 e. The van der Waals surface area contributed by atoms with Gasteiger partial charge in [0.15, 0.2) is 0 Å². The molecule has 0 aromatic rings. The van der Waals surface area contributed by atoms with Gasteiger partial charge in [0.25, 0.3) is 0 Å². The quantitative estimate of drug-likeness (QED) is 0.0594. The van der Waals surface area contributed by atoms with Crippen molar-refractivity contribution in [3.05, 3.63) is 0 Å². The Hall–Kier alpha value is -1.71. The van der Waals surface area contributed by atoms with E-state index in [4.69, 9.17) is 29.3 Å². The van der Waals surface area contributed by atoms with Gasteiger partial charge in [-0.25, -0.2) is 14.4 Å². The monoisotopic (exact) mass is 675 g/mol. The summed E-state index contributed by atoms with van der Waals surface area (Å²) in [6.45, 7) is 27.9. The summed E-state index contributed by atoms with van der Waals surface area (Å²) < 4.78 is 0. The molecule has 0 fully saturated rings. The lowest BCUT2D eigenvalue weighted by molar-refractivity contribution is -0.343. The van der Waals surface area contributed by atoms with Gasteiger partial charge in [0.2, 0.25) is 0 Å². The fraction of sp³-hybridized carbons (Fsp3) is 0.921. The first kappa shape index (κ1) is 47.4. The number of unbranched alkanes of at least 4 members (excludes halogenated alkanes) is 4.